The largest absolute Gasteiger partial charge is 0.417 e. The predicted octanol–water partition coefficient (Wildman–Crippen LogP) is 5.59. The van der Waals surface area contributed by atoms with Crippen LogP contribution in [0.1, 0.15) is 24.2 Å². The van der Waals surface area contributed by atoms with Crippen molar-refractivity contribution in [2.75, 3.05) is 5.32 Å². The van der Waals surface area contributed by atoms with E-state index in [0.29, 0.717) is 11.4 Å². The first-order valence-corrected chi connectivity index (χ1v) is 10.3. The maximum Gasteiger partial charge on any atom is 0.417 e. The van der Waals surface area contributed by atoms with E-state index in [1.807, 2.05) is 0 Å². The van der Waals surface area contributed by atoms with Crippen molar-refractivity contribution in [1.29, 1.82) is 0 Å². The number of H-pyrrole nitrogens is 1. The highest BCUT2D eigenvalue weighted by atomic mass is 19.4. The Bertz CT molecular complexity index is 1570. The quantitative estimate of drug-likeness (QED) is 0.338. The van der Waals surface area contributed by atoms with E-state index in [1.54, 1.807) is 37.3 Å². The normalized spacial score (nSPS) is 12.9. The van der Waals surface area contributed by atoms with Crippen molar-refractivity contribution >= 4 is 27.6 Å². The number of fused-ring (bicyclic) bond motifs is 2. The van der Waals surface area contributed by atoms with Crippen LogP contribution in [-0.4, -0.2) is 19.5 Å². The molecule has 5 aromatic rings. The van der Waals surface area contributed by atoms with Crippen LogP contribution in [0.15, 0.2) is 71.9 Å². The summed E-state index contributed by atoms with van der Waals surface area (Å²) in [5.74, 6) is -0.369. The molecule has 34 heavy (non-hydrogen) atoms. The number of pyridine rings is 1. The van der Waals surface area contributed by atoms with Crippen LogP contribution in [0.3, 0.4) is 0 Å². The van der Waals surface area contributed by atoms with E-state index < -0.39 is 34.5 Å². The summed E-state index contributed by atoms with van der Waals surface area (Å²) in [7, 11) is 0. The zero-order chi connectivity index (χ0) is 24.0. The Balaban J connectivity index is 1.74. The van der Waals surface area contributed by atoms with Crippen LogP contribution in [0.2, 0.25) is 0 Å². The van der Waals surface area contributed by atoms with E-state index >= 15 is 0 Å². The Hall–Kier alpha value is -4.21. The molecule has 0 saturated carbocycles. The van der Waals surface area contributed by atoms with Gasteiger partial charge >= 0.3 is 6.18 Å². The van der Waals surface area contributed by atoms with E-state index in [9.17, 15) is 22.4 Å². The van der Waals surface area contributed by atoms with Crippen LogP contribution in [0, 0.1) is 5.82 Å². The zero-order valence-corrected chi connectivity index (χ0v) is 17.7. The maximum atomic E-state index is 14.3. The number of halogens is 4. The second-order valence-corrected chi connectivity index (χ2v) is 7.76. The van der Waals surface area contributed by atoms with Crippen molar-refractivity contribution < 1.29 is 17.6 Å². The molecule has 3 heterocycles. The Kier molecular flexibility index (Phi) is 5.07. The molecule has 3 aromatic heterocycles. The maximum absolute atomic E-state index is 14.3. The van der Waals surface area contributed by atoms with Gasteiger partial charge in [-0.15, -0.1) is 0 Å². The van der Waals surface area contributed by atoms with Gasteiger partial charge in [-0.2, -0.15) is 13.2 Å². The van der Waals surface area contributed by atoms with Crippen LogP contribution in [-0.2, 0) is 6.18 Å². The molecule has 0 saturated heterocycles. The third kappa shape index (κ3) is 3.57. The second-order valence-electron chi connectivity index (χ2n) is 7.76. The summed E-state index contributed by atoms with van der Waals surface area (Å²) in [5.41, 5.74) is -0.739. The Labute approximate surface area is 189 Å². The first-order valence-electron chi connectivity index (χ1n) is 10.3. The topological polar surface area (TPSA) is 75.6 Å². The molecule has 0 bridgehead atoms. The lowest BCUT2D eigenvalue weighted by Gasteiger charge is -2.22. The summed E-state index contributed by atoms with van der Waals surface area (Å²) in [6.45, 7) is 1.71. The second kappa shape index (κ2) is 7.98. The highest BCUT2D eigenvalue weighted by Crippen LogP contribution is 2.35. The number of nitrogens with zero attached hydrogens (tertiary/aromatic N) is 3. The zero-order valence-electron chi connectivity index (χ0n) is 17.7. The van der Waals surface area contributed by atoms with Gasteiger partial charge in [-0.05, 0) is 36.6 Å². The van der Waals surface area contributed by atoms with E-state index in [4.69, 9.17) is 0 Å². The number of anilines is 1. The van der Waals surface area contributed by atoms with E-state index in [2.05, 4.69) is 20.3 Å². The van der Waals surface area contributed by atoms with Crippen molar-refractivity contribution in [2.24, 2.45) is 0 Å². The van der Waals surface area contributed by atoms with Gasteiger partial charge in [-0.3, -0.25) is 9.36 Å². The van der Waals surface area contributed by atoms with E-state index in [-0.39, 0.29) is 22.2 Å². The van der Waals surface area contributed by atoms with Crippen molar-refractivity contribution in [2.45, 2.75) is 19.1 Å². The number of aromatic nitrogens is 4. The lowest BCUT2D eigenvalue weighted by atomic mass is 10.0. The van der Waals surface area contributed by atoms with Crippen LogP contribution < -0.4 is 10.9 Å². The van der Waals surface area contributed by atoms with Crippen LogP contribution in [0.25, 0.3) is 27.5 Å². The third-order valence-electron chi connectivity index (χ3n) is 5.61. The number of hydrogen-bond donors (Lipinski definition) is 2. The fraction of sp³-hybridized carbons (Fsp3) is 0.125. The van der Waals surface area contributed by atoms with Crippen molar-refractivity contribution in [3.63, 3.8) is 0 Å². The number of aromatic amines is 1. The molecule has 0 aliphatic heterocycles. The van der Waals surface area contributed by atoms with Gasteiger partial charge in [0.25, 0.3) is 5.56 Å². The summed E-state index contributed by atoms with van der Waals surface area (Å²) < 4.78 is 56.7. The summed E-state index contributed by atoms with van der Waals surface area (Å²) in [4.78, 5) is 24.4. The molecule has 6 nitrogen and oxygen atoms in total. The molecule has 10 heteroatoms. The van der Waals surface area contributed by atoms with Gasteiger partial charge in [0.2, 0.25) is 0 Å². The number of alkyl halides is 3. The van der Waals surface area contributed by atoms with E-state index in [1.165, 1.54) is 29.1 Å². The van der Waals surface area contributed by atoms with Crippen molar-refractivity contribution in [3.8, 4) is 5.69 Å². The van der Waals surface area contributed by atoms with Crippen molar-refractivity contribution in [3.05, 3.63) is 94.5 Å². The molecular formula is C24H17F4N5O. The first-order chi connectivity index (χ1) is 16.3. The fourth-order valence-corrected chi connectivity index (χ4v) is 4.09. The van der Waals surface area contributed by atoms with Gasteiger partial charge in [0.15, 0.2) is 5.82 Å². The molecule has 2 aromatic carbocycles. The molecule has 0 amide bonds. The molecule has 1 atom stereocenters. The molecule has 0 spiro atoms. The summed E-state index contributed by atoms with van der Waals surface area (Å²) in [6.07, 6.45) is -2.28. The average molecular weight is 467 g/mol. The minimum absolute atomic E-state index is 0.142. The van der Waals surface area contributed by atoms with Gasteiger partial charge in [0, 0.05) is 17.6 Å². The van der Waals surface area contributed by atoms with Gasteiger partial charge in [0.1, 0.15) is 17.8 Å². The Morgan fingerprint density at radius 2 is 1.79 bits per heavy atom. The lowest BCUT2D eigenvalue weighted by Crippen LogP contribution is -2.27. The minimum atomic E-state index is -4.70. The standard InChI is InChI=1S/C24H17F4N5O/c1-13(32-22-20-17(25)11-29-21(20)30-12-31-22)18-10-14-6-5-9-16(24(26,27)28)19(14)23(34)33(18)15-7-3-2-4-8-15/h2-13H,1H3,(H2,29,30,31,32)/t13-/m0/s1. The van der Waals surface area contributed by atoms with Gasteiger partial charge in [0.05, 0.1) is 22.4 Å². The van der Waals surface area contributed by atoms with Crippen LogP contribution in [0.5, 0.6) is 0 Å². The molecular weight excluding hydrogens is 450 g/mol. The van der Waals surface area contributed by atoms with Crippen molar-refractivity contribution in [1.82, 2.24) is 19.5 Å². The molecule has 172 valence electrons. The molecule has 0 aliphatic rings. The SMILES string of the molecule is C[C@H](Nc1ncnc2[nH]cc(F)c12)c1cc2cccc(C(F)(F)F)c2c(=O)n1-c1ccccc1. The van der Waals surface area contributed by atoms with E-state index in [0.717, 1.165) is 12.3 Å². The molecule has 0 aliphatic carbocycles. The van der Waals surface area contributed by atoms with Gasteiger partial charge in [-0.1, -0.05) is 30.3 Å². The predicted molar refractivity (Wildman–Crippen MR) is 120 cm³/mol. The fourth-order valence-electron chi connectivity index (χ4n) is 4.09. The molecule has 0 radical (unpaired) electrons. The molecule has 0 unspecified atom stereocenters. The number of nitrogens with one attached hydrogen (secondary N) is 2. The molecule has 2 N–H and O–H groups in total. The average Bonchev–Trinajstić information content (AvgIpc) is 3.20. The Morgan fingerprint density at radius 1 is 1.03 bits per heavy atom. The van der Waals surface area contributed by atoms with Gasteiger partial charge < -0.3 is 10.3 Å². The number of benzene rings is 2. The highest BCUT2D eigenvalue weighted by Gasteiger charge is 2.34. The number of para-hydroxylation sites is 1. The van der Waals surface area contributed by atoms with Crippen LogP contribution in [0.4, 0.5) is 23.4 Å². The summed E-state index contributed by atoms with van der Waals surface area (Å²) in [5, 5.41) is 2.95. The highest BCUT2D eigenvalue weighted by molar-refractivity contribution is 5.88. The smallest absolute Gasteiger partial charge is 0.361 e. The van der Waals surface area contributed by atoms with Crippen LogP contribution >= 0.6 is 0 Å². The first kappa shape index (κ1) is 21.6. The lowest BCUT2D eigenvalue weighted by molar-refractivity contribution is -0.136. The number of rotatable bonds is 4. The van der Waals surface area contributed by atoms with Gasteiger partial charge in [-0.25, -0.2) is 14.4 Å². The molecule has 0 fully saturated rings. The number of hydrogen-bond acceptors (Lipinski definition) is 4. The molecule has 5 rings (SSSR count). The minimum Gasteiger partial charge on any atom is -0.361 e. The summed E-state index contributed by atoms with van der Waals surface area (Å²) >= 11 is 0. The Morgan fingerprint density at radius 3 is 2.53 bits per heavy atom. The third-order valence-corrected chi connectivity index (χ3v) is 5.61. The summed E-state index contributed by atoms with van der Waals surface area (Å²) in [6, 6.07) is 12.9. The monoisotopic (exact) mass is 467 g/mol.